The summed E-state index contributed by atoms with van der Waals surface area (Å²) in [5.74, 6) is -0.402. The molecule has 1 aliphatic rings. The van der Waals surface area contributed by atoms with Gasteiger partial charge < -0.3 is 15.0 Å². The van der Waals surface area contributed by atoms with E-state index in [4.69, 9.17) is 4.74 Å². The van der Waals surface area contributed by atoms with Crippen molar-refractivity contribution in [2.75, 3.05) is 18.5 Å². The Labute approximate surface area is 193 Å². The molecule has 1 aliphatic heterocycles. The molecule has 3 heterocycles. The molecule has 0 aliphatic carbocycles. The first kappa shape index (κ1) is 23.2. The monoisotopic (exact) mass is 470 g/mol. The van der Waals surface area contributed by atoms with Crippen LogP contribution in [0, 0.1) is 0 Å². The first-order chi connectivity index (χ1) is 16.3. The topological polar surface area (TPSA) is 84.4 Å². The van der Waals surface area contributed by atoms with Gasteiger partial charge in [0.1, 0.15) is 12.4 Å². The van der Waals surface area contributed by atoms with Crippen molar-refractivity contribution in [2.45, 2.75) is 25.1 Å². The van der Waals surface area contributed by atoms with Gasteiger partial charge in [-0.2, -0.15) is 13.2 Å². The number of nitrogens with one attached hydrogen (secondary N) is 1. The van der Waals surface area contributed by atoms with Gasteiger partial charge in [0, 0.05) is 24.5 Å². The summed E-state index contributed by atoms with van der Waals surface area (Å²) in [7, 11) is 0. The maximum Gasteiger partial charge on any atom is 0.416 e. The molecule has 1 atom stereocenters. The lowest BCUT2D eigenvalue weighted by molar-refractivity contribution is -0.137. The first-order valence-corrected chi connectivity index (χ1v) is 10.6. The molecule has 3 aromatic rings. The van der Waals surface area contributed by atoms with Crippen molar-refractivity contribution in [3.05, 3.63) is 83.8 Å². The number of pyridine rings is 2. The van der Waals surface area contributed by atoms with Crippen LogP contribution in [0.4, 0.5) is 19.0 Å². The predicted octanol–water partition coefficient (Wildman–Crippen LogP) is 4.43. The van der Waals surface area contributed by atoms with Crippen molar-refractivity contribution in [3.8, 4) is 5.75 Å². The molecule has 10 heteroatoms. The van der Waals surface area contributed by atoms with E-state index in [0.717, 1.165) is 12.1 Å². The third kappa shape index (κ3) is 5.33. The SMILES string of the molecule is O=C(Nc1ccccn1)c1ncccc1OCC1CCCN1C(=O)c1cccc(C(F)(F)F)c1. The van der Waals surface area contributed by atoms with Gasteiger partial charge in [-0.25, -0.2) is 9.97 Å². The van der Waals surface area contributed by atoms with E-state index in [9.17, 15) is 22.8 Å². The number of nitrogens with zero attached hydrogens (tertiary/aromatic N) is 3. The fourth-order valence-corrected chi connectivity index (χ4v) is 3.75. The number of carbonyl (C=O) groups is 2. The van der Waals surface area contributed by atoms with Crippen molar-refractivity contribution in [1.29, 1.82) is 0 Å². The van der Waals surface area contributed by atoms with E-state index in [1.165, 1.54) is 23.2 Å². The number of amides is 2. The number of hydrogen-bond acceptors (Lipinski definition) is 5. The molecule has 176 valence electrons. The van der Waals surface area contributed by atoms with Crippen LogP contribution in [0.2, 0.25) is 0 Å². The van der Waals surface area contributed by atoms with E-state index in [2.05, 4.69) is 15.3 Å². The number of halogens is 3. The third-order valence-electron chi connectivity index (χ3n) is 5.40. The molecule has 1 aromatic carbocycles. The summed E-state index contributed by atoms with van der Waals surface area (Å²) >= 11 is 0. The average molecular weight is 470 g/mol. The minimum absolute atomic E-state index is 0.0291. The van der Waals surface area contributed by atoms with Gasteiger partial charge in [0.15, 0.2) is 11.4 Å². The number of carbonyl (C=O) groups excluding carboxylic acids is 2. The fourth-order valence-electron chi connectivity index (χ4n) is 3.75. The Bertz CT molecular complexity index is 1170. The van der Waals surface area contributed by atoms with E-state index in [1.807, 2.05) is 0 Å². The standard InChI is InChI=1S/C24H21F3N4O3/c25-24(26,27)17-7-3-6-16(14-17)23(33)31-13-5-8-18(31)15-34-19-9-4-12-29-21(19)22(32)30-20-10-1-2-11-28-20/h1-4,6-7,9-12,14,18H,5,8,13,15H2,(H,28,30,32). The van der Waals surface area contributed by atoms with E-state index < -0.39 is 23.6 Å². The maximum atomic E-state index is 13.0. The number of hydrogen-bond donors (Lipinski definition) is 1. The molecule has 1 N–H and O–H groups in total. The molecular weight excluding hydrogens is 449 g/mol. The lowest BCUT2D eigenvalue weighted by atomic mass is 10.1. The summed E-state index contributed by atoms with van der Waals surface area (Å²) in [6.07, 6.45) is -0.212. The lowest BCUT2D eigenvalue weighted by Crippen LogP contribution is -2.39. The van der Waals surface area contributed by atoms with Crippen LogP contribution in [0.5, 0.6) is 5.75 Å². The van der Waals surface area contributed by atoms with Gasteiger partial charge in [-0.1, -0.05) is 12.1 Å². The molecule has 34 heavy (non-hydrogen) atoms. The lowest BCUT2D eigenvalue weighted by Gasteiger charge is -2.25. The van der Waals surface area contributed by atoms with Crippen LogP contribution < -0.4 is 10.1 Å². The van der Waals surface area contributed by atoms with Gasteiger partial charge in [0.05, 0.1) is 11.6 Å². The van der Waals surface area contributed by atoms with Gasteiger partial charge in [0.2, 0.25) is 0 Å². The zero-order chi connectivity index (χ0) is 24.1. The average Bonchev–Trinajstić information content (AvgIpc) is 3.31. The van der Waals surface area contributed by atoms with Gasteiger partial charge in [-0.15, -0.1) is 0 Å². The van der Waals surface area contributed by atoms with Crippen LogP contribution in [0.15, 0.2) is 67.0 Å². The highest BCUT2D eigenvalue weighted by Crippen LogP contribution is 2.30. The minimum Gasteiger partial charge on any atom is -0.489 e. The van der Waals surface area contributed by atoms with E-state index in [-0.39, 0.29) is 29.7 Å². The predicted molar refractivity (Wildman–Crippen MR) is 117 cm³/mol. The summed E-state index contributed by atoms with van der Waals surface area (Å²) in [6, 6.07) is 12.3. The maximum absolute atomic E-state index is 13.0. The number of likely N-dealkylation sites (tertiary alicyclic amines) is 1. The molecule has 0 spiro atoms. The second-order valence-corrected chi connectivity index (χ2v) is 7.70. The molecular formula is C24H21F3N4O3. The second kappa shape index (κ2) is 9.90. The molecule has 1 saturated heterocycles. The highest BCUT2D eigenvalue weighted by Gasteiger charge is 2.34. The van der Waals surface area contributed by atoms with Crippen LogP contribution in [0.25, 0.3) is 0 Å². The van der Waals surface area contributed by atoms with Crippen molar-refractivity contribution >= 4 is 17.6 Å². The molecule has 4 rings (SSSR count). The highest BCUT2D eigenvalue weighted by atomic mass is 19.4. The molecule has 0 radical (unpaired) electrons. The van der Waals surface area contributed by atoms with Gasteiger partial charge in [0.25, 0.3) is 11.8 Å². The first-order valence-electron chi connectivity index (χ1n) is 10.6. The number of alkyl halides is 3. The van der Waals surface area contributed by atoms with Crippen LogP contribution in [-0.2, 0) is 6.18 Å². The van der Waals surface area contributed by atoms with Crippen molar-refractivity contribution in [3.63, 3.8) is 0 Å². The van der Waals surface area contributed by atoms with Crippen molar-refractivity contribution in [1.82, 2.24) is 14.9 Å². The zero-order valence-corrected chi connectivity index (χ0v) is 18.0. The minimum atomic E-state index is -4.53. The largest absolute Gasteiger partial charge is 0.489 e. The molecule has 7 nitrogen and oxygen atoms in total. The van der Waals surface area contributed by atoms with Crippen molar-refractivity contribution < 1.29 is 27.5 Å². The molecule has 2 amide bonds. The number of aromatic nitrogens is 2. The molecule has 2 aromatic heterocycles. The Balaban J connectivity index is 1.45. The van der Waals surface area contributed by atoms with Crippen LogP contribution in [0.3, 0.4) is 0 Å². The van der Waals surface area contributed by atoms with Crippen molar-refractivity contribution in [2.24, 2.45) is 0 Å². The van der Waals surface area contributed by atoms with Crippen LogP contribution in [0.1, 0.15) is 39.3 Å². The summed E-state index contributed by atoms with van der Waals surface area (Å²) in [5.41, 5.74) is -0.843. The normalized spacial score (nSPS) is 15.7. The zero-order valence-electron chi connectivity index (χ0n) is 18.0. The Hall–Kier alpha value is -3.95. The number of benzene rings is 1. The molecule has 0 bridgehead atoms. The highest BCUT2D eigenvalue weighted by molar-refractivity contribution is 6.04. The Morgan fingerprint density at radius 1 is 1.06 bits per heavy atom. The van der Waals surface area contributed by atoms with E-state index in [0.29, 0.717) is 25.2 Å². The fraction of sp³-hybridized carbons (Fsp3) is 0.250. The Morgan fingerprint density at radius 3 is 2.65 bits per heavy atom. The smallest absolute Gasteiger partial charge is 0.416 e. The van der Waals surface area contributed by atoms with Crippen LogP contribution >= 0.6 is 0 Å². The van der Waals surface area contributed by atoms with Crippen LogP contribution in [-0.4, -0.2) is 45.9 Å². The number of ether oxygens (including phenoxy) is 1. The molecule has 1 unspecified atom stereocenters. The summed E-state index contributed by atoms with van der Waals surface area (Å²) < 4.78 is 45.0. The number of anilines is 1. The summed E-state index contributed by atoms with van der Waals surface area (Å²) in [6.45, 7) is 0.476. The summed E-state index contributed by atoms with van der Waals surface area (Å²) in [4.78, 5) is 35.3. The Kier molecular flexibility index (Phi) is 6.76. The molecule has 0 saturated carbocycles. The van der Waals surface area contributed by atoms with Gasteiger partial charge >= 0.3 is 6.18 Å². The Morgan fingerprint density at radius 2 is 1.88 bits per heavy atom. The number of rotatable bonds is 6. The third-order valence-corrected chi connectivity index (χ3v) is 5.40. The second-order valence-electron chi connectivity index (χ2n) is 7.70. The molecule has 1 fully saturated rings. The summed E-state index contributed by atoms with van der Waals surface area (Å²) in [5, 5.41) is 2.64. The van der Waals surface area contributed by atoms with E-state index in [1.54, 1.807) is 36.5 Å². The van der Waals surface area contributed by atoms with E-state index >= 15 is 0 Å². The van der Waals surface area contributed by atoms with Gasteiger partial charge in [-0.05, 0) is 55.3 Å². The quantitative estimate of drug-likeness (QED) is 0.576. The van der Waals surface area contributed by atoms with Gasteiger partial charge in [-0.3, -0.25) is 9.59 Å².